The van der Waals surface area contributed by atoms with Gasteiger partial charge < -0.3 is 10.3 Å². The van der Waals surface area contributed by atoms with Crippen LogP contribution in [0, 0.1) is 12.7 Å². The standard InChI is InChI=1S/C15H12FN3O/c1-9-6-7-10(8-12(9)16)15-18-14(19-20-15)11-4-2-3-5-13(11)17/h2-8H,17H2,1H3. The van der Waals surface area contributed by atoms with E-state index in [1.807, 2.05) is 12.1 Å². The first-order valence-corrected chi connectivity index (χ1v) is 6.10. The number of nitrogens with zero attached hydrogens (tertiary/aromatic N) is 2. The molecule has 0 aliphatic heterocycles. The molecule has 2 aromatic carbocycles. The lowest BCUT2D eigenvalue weighted by Gasteiger charge is -1.99. The van der Waals surface area contributed by atoms with Crippen LogP contribution in [0.1, 0.15) is 5.56 Å². The van der Waals surface area contributed by atoms with Gasteiger partial charge in [-0.3, -0.25) is 0 Å². The lowest BCUT2D eigenvalue weighted by atomic mass is 10.1. The molecule has 20 heavy (non-hydrogen) atoms. The van der Waals surface area contributed by atoms with E-state index in [2.05, 4.69) is 10.1 Å². The minimum Gasteiger partial charge on any atom is -0.398 e. The predicted octanol–water partition coefficient (Wildman–Crippen LogP) is 3.43. The Balaban J connectivity index is 2.02. The fourth-order valence-corrected chi connectivity index (χ4v) is 1.88. The minimum absolute atomic E-state index is 0.266. The number of hydrogen-bond acceptors (Lipinski definition) is 4. The molecule has 3 rings (SSSR count). The lowest BCUT2D eigenvalue weighted by molar-refractivity contribution is 0.432. The molecule has 0 saturated carbocycles. The van der Waals surface area contributed by atoms with Crippen molar-refractivity contribution >= 4 is 5.69 Å². The van der Waals surface area contributed by atoms with Crippen LogP contribution in [0.3, 0.4) is 0 Å². The Morgan fingerprint density at radius 2 is 1.95 bits per heavy atom. The smallest absolute Gasteiger partial charge is 0.258 e. The third kappa shape index (κ3) is 2.14. The van der Waals surface area contributed by atoms with E-state index >= 15 is 0 Å². The van der Waals surface area contributed by atoms with E-state index in [0.29, 0.717) is 28.2 Å². The Bertz CT molecular complexity index is 767. The molecule has 0 atom stereocenters. The quantitative estimate of drug-likeness (QED) is 0.724. The molecule has 0 aliphatic rings. The first-order chi connectivity index (χ1) is 9.65. The van der Waals surface area contributed by atoms with Crippen molar-refractivity contribution < 1.29 is 8.91 Å². The Hall–Kier alpha value is -2.69. The van der Waals surface area contributed by atoms with Gasteiger partial charge in [-0.15, -0.1) is 0 Å². The molecule has 0 spiro atoms. The summed E-state index contributed by atoms with van der Waals surface area (Å²) in [7, 11) is 0. The highest BCUT2D eigenvalue weighted by atomic mass is 19.1. The van der Waals surface area contributed by atoms with E-state index in [0.717, 1.165) is 0 Å². The number of nitrogens with two attached hydrogens (primary N) is 1. The summed E-state index contributed by atoms with van der Waals surface area (Å²) in [5.74, 6) is 0.350. The third-order valence-electron chi connectivity index (χ3n) is 3.05. The zero-order chi connectivity index (χ0) is 14.1. The van der Waals surface area contributed by atoms with Crippen LogP contribution in [0.2, 0.25) is 0 Å². The Morgan fingerprint density at radius 3 is 2.70 bits per heavy atom. The molecule has 0 amide bonds. The highest BCUT2D eigenvalue weighted by molar-refractivity contribution is 5.72. The highest BCUT2D eigenvalue weighted by Gasteiger charge is 2.13. The Kier molecular flexibility index (Phi) is 2.95. The molecule has 4 nitrogen and oxygen atoms in total. The topological polar surface area (TPSA) is 64.9 Å². The maximum atomic E-state index is 13.5. The second kappa shape index (κ2) is 4.77. The maximum Gasteiger partial charge on any atom is 0.258 e. The van der Waals surface area contributed by atoms with Crippen LogP contribution in [-0.2, 0) is 0 Å². The Morgan fingerprint density at radius 1 is 1.15 bits per heavy atom. The summed E-state index contributed by atoms with van der Waals surface area (Å²) < 4.78 is 18.7. The van der Waals surface area contributed by atoms with Crippen LogP contribution in [0.4, 0.5) is 10.1 Å². The number of para-hydroxylation sites is 1. The molecule has 0 bridgehead atoms. The zero-order valence-corrected chi connectivity index (χ0v) is 10.8. The molecule has 0 radical (unpaired) electrons. The van der Waals surface area contributed by atoms with Crippen molar-refractivity contribution in [3.8, 4) is 22.8 Å². The number of anilines is 1. The van der Waals surface area contributed by atoms with Crippen LogP contribution in [0.25, 0.3) is 22.8 Å². The molecule has 3 aromatic rings. The van der Waals surface area contributed by atoms with Crippen molar-refractivity contribution in [2.75, 3.05) is 5.73 Å². The summed E-state index contributed by atoms with van der Waals surface area (Å²) in [4.78, 5) is 4.26. The molecule has 5 heteroatoms. The molecule has 1 heterocycles. The van der Waals surface area contributed by atoms with Crippen molar-refractivity contribution in [3.63, 3.8) is 0 Å². The van der Waals surface area contributed by atoms with Gasteiger partial charge in [0.25, 0.3) is 5.89 Å². The molecule has 100 valence electrons. The van der Waals surface area contributed by atoms with Crippen molar-refractivity contribution in [2.45, 2.75) is 6.92 Å². The van der Waals surface area contributed by atoms with Gasteiger partial charge in [0, 0.05) is 16.8 Å². The van der Waals surface area contributed by atoms with Crippen molar-refractivity contribution in [1.82, 2.24) is 10.1 Å². The summed E-state index contributed by atoms with van der Waals surface area (Å²) >= 11 is 0. The normalized spacial score (nSPS) is 10.7. The van der Waals surface area contributed by atoms with E-state index in [1.54, 1.807) is 31.2 Å². The van der Waals surface area contributed by atoms with Gasteiger partial charge in [0.2, 0.25) is 5.82 Å². The molecular formula is C15H12FN3O. The van der Waals surface area contributed by atoms with E-state index < -0.39 is 0 Å². The van der Waals surface area contributed by atoms with Crippen molar-refractivity contribution in [1.29, 1.82) is 0 Å². The molecule has 1 aromatic heterocycles. The van der Waals surface area contributed by atoms with Gasteiger partial charge in [0.15, 0.2) is 0 Å². The SMILES string of the molecule is Cc1ccc(-c2nc(-c3ccccc3N)no2)cc1F. The summed E-state index contributed by atoms with van der Waals surface area (Å²) in [6, 6.07) is 12.0. The number of benzene rings is 2. The van der Waals surface area contributed by atoms with Gasteiger partial charge >= 0.3 is 0 Å². The molecule has 0 saturated heterocycles. The minimum atomic E-state index is -0.304. The zero-order valence-electron chi connectivity index (χ0n) is 10.8. The van der Waals surface area contributed by atoms with E-state index in [1.165, 1.54) is 6.07 Å². The van der Waals surface area contributed by atoms with Crippen LogP contribution >= 0.6 is 0 Å². The van der Waals surface area contributed by atoms with Crippen molar-refractivity contribution in [2.24, 2.45) is 0 Å². The largest absolute Gasteiger partial charge is 0.398 e. The van der Waals surface area contributed by atoms with Crippen LogP contribution in [-0.4, -0.2) is 10.1 Å². The predicted molar refractivity (Wildman–Crippen MR) is 74.3 cm³/mol. The van der Waals surface area contributed by atoms with Gasteiger partial charge in [-0.1, -0.05) is 23.4 Å². The summed E-state index contributed by atoms with van der Waals surface area (Å²) in [5.41, 5.74) is 8.23. The average molecular weight is 269 g/mol. The number of nitrogen functional groups attached to an aromatic ring is 1. The number of halogens is 1. The first-order valence-electron chi connectivity index (χ1n) is 6.10. The van der Waals surface area contributed by atoms with Gasteiger partial charge in [-0.2, -0.15) is 4.98 Å². The lowest BCUT2D eigenvalue weighted by Crippen LogP contribution is -1.90. The second-order valence-corrected chi connectivity index (χ2v) is 4.47. The van der Waals surface area contributed by atoms with Crippen molar-refractivity contribution in [3.05, 3.63) is 53.8 Å². The monoisotopic (exact) mass is 269 g/mol. The third-order valence-corrected chi connectivity index (χ3v) is 3.05. The molecule has 2 N–H and O–H groups in total. The van der Waals surface area contributed by atoms with Crippen LogP contribution in [0.5, 0.6) is 0 Å². The van der Waals surface area contributed by atoms with E-state index in [9.17, 15) is 4.39 Å². The summed E-state index contributed by atoms with van der Waals surface area (Å²) in [6.45, 7) is 1.70. The van der Waals surface area contributed by atoms with Gasteiger partial charge in [0.05, 0.1) is 0 Å². The second-order valence-electron chi connectivity index (χ2n) is 4.47. The molecule has 0 unspecified atom stereocenters. The van der Waals surface area contributed by atoms with Crippen LogP contribution < -0.4 is 5.73 Å². The van der Waals surface area contributed by atoms with E-state index in [4.69, 9.17) is 10.3 Å². The number of rotatable bonds is 2. The summed E-state index contributed by atoms with van der Waals surface area (Å²) in [6.07, 6.45) is 0. The Labute approximate surface area is 115 Å². The first kappa shape index (κ1) is 12.3. The molecule has 0 aliphatic carbocycles. The van der Waals surface area contributed by atoms with Gasteiger partial charge in [-0.05, 0) is 36.8 Å². The number of hydrogen-bond donors (Lipinski definition) is 1. The average Bonchev–Trinajstić information content (AvgIpc) is 2.92. The van der Waals surface area contributed by atoms with E-state index in [-0.39, 0.29) is 11.7 Å². The van der Waals surface area contributed by atoms with Gasteiger partial charge in [-0.25, -0.2) is 4.39 Å². The fraction of sp³-hybridized carbons (Fsp3) is 0.0667. The number of aryl methyl sites for hydroxylation is 1. The van der Waals surface area contributed by atoms with Gasteiger partial charge in [0.1, 0.15) is 5.82 Å². The number of aromatic nitrogens is 2. The molecular weight excluding hydrogens is 257 g/mol. The maximum absolute atomic E-state index is 13.5. The highest BCUT2D eigenvalue weighted by Crippen LogP contribution is 2.26. The van der Waals surface area contributed by atoms with Crippen LogP contribution in [0.15, 0.2) is 47.0 Å². The fourth-order valence-electron chi connectivity index (χ4n) is 1.88. The molecule has 0 fully saturated rings. The summed E-state index contributed by atoms with van der Waals surface area (Å²) in [5, 5.41) is 3.89.